The standard InChI is InChI=1S/C15H21N3O/c1-4-9-18-11(2)17-14(15(18)16)13-8-6-5-7-12(13)10-19-3/h5-8H,4,9-10,16H2,1-3H3. The Bertz CT molecular complexity index is 561. The first-order valence-electron chi connectivity index (χ1n) is 6.58. The molecule has 0 saturated heterocycles. The number of anilines is 1. The lowest BCUT2D eigenvalue weighted by atomic mass is 10.1. The van der Waals surface area contributed by atoms with E-state index >= 15 is 0 Å². The SMILES string of the molecule is CCCn1c(C)nc(-c2ccccc2COC)c1N. The van der Waals surface area contributed by atoms with Gasteiger partial charge in [-0.1, -0.05) is 31.2 Å². The van der Waals surface area contributed by atoms with Crippen molar-refractivity contribution in [2.75, 3.05) is 12.8 Å². The molecule has 0 unspecified atom stereocenters. The third-order valence-corrected chi connectivity index (χ3v) is 3.22. The summed E-state index contributed by atoms with van der Waals surface area (Å²) in [7, 11) is 1.70. The van der Waals surface area contributed by atoms with Crippen molar-refractivity contribution < 1.29 is 4.74 Å². The summed E-state index contributed by atoms with van der Waals surface area (Å²) in [6.45, 7) is 5.60. The highest BCUT2D eigenvalue weighted by Gasteiger charge is 2.15. The molecule has 1 aromatic carbocycles. The van der Waals surface area contributed by atoms with Crippen molar-refractivity contribution >= 4 is 5.82 Å². The zero-order chi connectivity index (χ0) is 13.8. The Hall–Kier alpha value is -1.81. The Morgan fingerprint density at radius 1 is 1.32 bits per heavy atom. The zero-order valence-electron chi connectivity index (χ0n) is 11.8. The maximum absolute atomic E-state index is 6.25. The summed E-state index contributed by atoms with van der Waals surface area (Å²) in [5, 5.41) is 0. The fourth-order valence-electron chi connectivity index (χ4n) is 2.32. The van der Waals surface area contributed by atoms with Crippen molar-refractivity contribution in [1.82, 2.24) is 9.55 Å². The molecule has 19 heavy (non-hydrogen) atoms. The average Bonchev–Trinajstić information content (AvgIpc) is 2.68. The summed E-state index contributed by atoms with van der Waals surface area (Å²) in [5.41, 5.74) is 9.27. The molecular weight excluding hydrogens is 238 g/mol. The van der Waals surface area contributed by atoms with E-state index < -0.39 is 0 Å². The largest absolute Gasteiger partial charge is 0.383 e. The molecule has 4 heteroatoms. The van der Waals surface area contributed by atoms with Gasteiger partial charge in [0.15, 0.2) is 0 Å². The Labute approximate surface area is 114 Å². The molecule has 1 aromatic heterocycles. The molecule has 0 spiro atoms. The highest BCUT2D eigenvalue weighted by Crippen LogP contribution is 2.29. The van der Waals surface area contributed by atoms with Gasteiger partial charge >= 0.3 is 0 Å². The third kappa shape index (κ3) is 2.63. The molecule has 0 saturated carbocycles. The number of nitrogen functional groups attached to an aromatic ring is 1. The van der Waals surface area contributed by atoms with Crippen molar-refractivity contribution in [3.63, 3.8) is 0 Å². The summed E-state index contributed by atoms with van der Waals surface area (Å²) in [4.78, 5) is 4.62. The first-order valence-corrected chi connectivity index (χ1v) is 6.58. The molecular formula is C15H21N3O. The minimum atomic E-state index is 0.565. The van der Waals surface area contributed by atoms with E-state index in [2.05, 4.69) is 16.5 Å². The first kappa shape index (κ1) is 13.6. The number of hydrogen-bond acceptors (Lipinski definition) is 3. The zero-order valence-corrected chi connectivity index (χ0v) is 11.8. The number of imidazole rings is 1. The molecule has 102 valence electrons. The fourth-order valence-corrected chi connectivity index (χ4v) is 2.32. The van der Waals surface area contributed by atoms with Crippen molar-refractivity contribution in [2.45, 2.75) is 33.4 Å². The van der Waals surface area contributed by atoms with Crippen LogP contribution in [0.4, 0.5) is 5.82 Å². The van der Waals surface area contributed by atoms with Gasteiger partial charge in [0.05, 0.1) is 6.61 Å². The Morgan fingerprint density at radius 3 is 2.74 bits per heavy atom. The van der Waals surface area contributed by atoms with Crippen LogP contribution in [0.5, 0.6) is 0 Å². The topological polar surface area (TPSA) is 53.1 Å². The van der Waals surface area contributed by atoms with Crippen molar-refractivity contribution in [3.8, 4) is 11.3 Å². The summed E-state index contributed by atoms with van der Waals surface area (Å²) < 4.78 is 7.31. The van der Waals surface area contributed by atoms with Gasteiger partial charge in [0, 0.05) is 19.2 Å². The number of methoxy groups -OCH3 is 1. The lowest BCUT2D eigenvalue weighted by Crippen LogP contribution is -2.04. The minimum absolute atomic E-state index is 0.565. The second-order valence-corrected chi connectivity index (χ2v) is 4.63. The van der Waals surface area contributed by atoms with Gasteiger partial charge in [-0.2, -0.15) is 0 Å². The number of rotatable bonds is 5. The van der Waals surface area contributed by atoms with Crippen molar-refractivity contribution in [3.05, 3.63) is 35.7 Å². The van der Waals surface area contributed by atoms with E-state index in [1.165, 1.54) is 0 Å². The van der Waals surface area contributed by atoms with Crippen LogP contribution >= 0.6 is 0 Å². The van der Waals surface area contributed by atoms with Gasteiger partial charge in [-0.15, -0.1) is 0 Å². The Balaban J connectivity index is 2.50. The Kier molecular flexibility index (Phi) is 4.22. The molecule has 0 amide bonds. The van der Waals surface area contributed by atoms with Gasteiger partial charge < -0.3 is 15.0 Å². The lowest BCUT2D eigenvalue weighted by Gasteiger charge is -2.08. The minimum Gasteiger partial charge on any atom is -0.383 e. The van der Waals surface area contributed by atoms with E-state index in [9.17, 15) is 0 Å². The summed E-state index contributed by atoms with van der Waals surface area (Å²) in [5.74, 6) is 1.70. The predicted octanol–water partition coefficient (Wildman–Crippen LogP) is 3.00. The molecule has 0 aliphatic rings. The molecule has 0 atom stereocenters. The summed E-state index contributed by atoms with van der Waals surface area (Å²) >= 11 is 0. The van der Waals surface area contributed by atoms with E-state index in [0.717, 1.165) is 41.4 Å². The van der Waals surface area contributed by atoms with Crippen molar-refractivity contribution in [1.29, 1.82) is 0 Å². The van der Waals surface area contributed by atoms with Crippen LogP contribution in [-0.4, -0.2) is 16.7 Å². The van der Waals surface area contributed by atoms with Crippen molar-refractivity contribution in [2.24, 2.45) is 0 Å². The van der Waals surface area contributed by atoms with Gasteiger partial charge in [-0.3, -0.25) is 0 Å². The van der Waals surface area contributed by atoms with E-state index in [4.69, 9.17) is 10.5 Å². The maximum Gasteiger partial charge on any atom is 0.131 e. The number of aromatic nitrogens is 2. The molecule has 0 fully saturated rings. The number of nitrogens with two attached hydrogens (primary N) is 1. The molecule has 0 aliphatic carbocycles. The smallest absolute Gasteiger partial charge is 0.131 e. The van der Waals surface area contributed by atoms with Crippen LogP contribution in [-0.2, 0) is 17.9 Å². The van der Waals surface area contributed by atoms with Gasteiger partial charge in [-0.25, -0.2) is 4.98 Å². The molecule has 0 radical (unpaired) electrons. The van der Waals surface area contributed by atoms with E-state index in [1.807, 2.05) is 31.2 Å². The molecule has 2 N–H and O–H groups in total. The molecule has 2 rings (SSSR count). The predicted molar refractivity (Wildman–Crippen MR) is 77.8 cm³/mol. The molecule has 2 aromatic rings. The fraction of sp³-hybridized carbons (Fsp3) is 0.400. The number of hydrogen-bond donors (Lipinski definition) is 1. The summed E-state index contributed by atoms with van der Waals surface area (Å²) in [6, 6.07) is 8.10. The van der Waals surface area contributed by atoms with Gasteiger partial charge in [0.1, 0.15) is 17.3 Å². The molecule has 1 heterocycles. The normalized spacial score (nSPS) is 10.9. The van der Waals surface area contributed by atoms with Crippen LogP contribution in [0.3, 0.4) is 0 Å². The number of aryl methyl sites for hydroxylation is 1. The average molecular weight is 259 g/mol. The highest BCUT2D eigenvalue weighted by molar-refractivity contribution is 5.73. The number of benzene rings is 1. The molecule has 4 nitrogen and oxygen atoms in total. The maximum atomic E-state index is 6.25. The number of ether oxygens (including phenoxy) is 1. The molecule has 0 aliphatic heterocycles. The van der Waals surface area contributed by atoms with Crippen LogP contribution in [0, 0.1) is 6.92 Å². The quantitative estimate of drug-likeness (QED) is 0.898. The van der Waals surface area contributed by atoms with Gasteiger partial charge in [0.2, 0.25) is 0 Å². The van der Waals surface area contributed by atoms with Crippen LogP contribution in [0.2, 0.25) is 0 Å². The second-order valence-electron chi connectivity index (χ2n) is 4.63. The van der Waals surface area contributed by atoms with Gasteiger partial charge in [0.25, 0.3) is 0 Å². The highest BCUT2D eigenvalue weighted by atomic mass is 16.5. The van der Waals surface area contributed by atoms with Crippen LogP contribution in [0.1, 0.15) is 24.7 Å². The number of nitrogens with zero attached hydrogens (tertiary/aromatic N) is 2. The lowest BCUT2D eigenvalue weighted by molar-refractivity contribution is 0.185. The summed E-state index contributed by atoms with van der Waals surface area (Å²) in [6.07, 6.45) is 1.04. The Morgan fingerprint density at radius 2 is 2.05 bits per heavy atom. The first-order chi connectivity index (χ1) is 9.19. The van der Waals surface area contributed by atoms with Crippen LogP contribution in [0.25, 0.3) is 11.3 Å². The monoisotopic (exact) mass is 259 g/mol. The van der Waals surface area contributed by atoms with E-state index in [1.54, 1.807) is 7.11 Å². The van der Waals surface area contributed by atoms with Crippen LogP contribution in [0.15, 0.2) is 24.3 Å². The second kappa shape index (κ2) is 5.89. The van der Waals surface area contributed by atoms with E-state index in [0.29, 0.717) is 6.61 Å². The molecule has 0 bridgehead atoms. The van der Waals surface area contributed by atoms with E-state index in [-0.39, 0.29) is 0 Å². The van der Waals surface area contributed by atoms with Crippen LogP contribution < -0.4 is 5.73 Å². The van der Waals surface area contributed by atoms with Gasteiger partial charge in [-0.05, 0) is 18.9 Å². The third-order valence-electron chi connectivity index (χ3n) is 3.22.